The summed E-state index contributed by atoms with van der Waals surface area (Å²) in [5.74, 6) is 0.795. The van der Waals surface area contributed by atoms with Gasteiger partial charge in [-0.25, -0.2) is 0 Å². The molecule has 0 spiro atoms. The van der Waals surface area contributed by atoms with E-state index in [1.54, 1.807) is 6.20 Å². The summed E-state index contributed by atoms with van der Waals surface area (Å²) in [4.78, 5) is 20.3. The summed E-state index contributed by atoms with van der Waals surface area (Å²) in [5.41, 5.74) is 3.65. The number of nitrogens with zero attached hydrogens (tertiary/aromatic N) is 3. The van der Waals surface area contributed by atoms with E-state index < -0.39 is 0 Å². The van der Waals surface area contributed by atoms with E-state index in [-0.39, 0.29) is 5.56 Å². The van der Waals surface area contributed by atoms with Crippen molar-refractivity contribution in [2.75, 3.05) is 37.8 Å². The molecule has 8 heteroatoms. The highest BCUT2D eigenvalue weighted by Gasteiger charge is 2.15. The first kappa shape index (κ1) is 24.5. The minimum Gasteiger partial charge on any atom is -0.492 e. The van der Waals surface area contributed by atoms with Crippen molar-refractivity contribution in [3.63, 3.8) is 0 Å². The molecule has 0 amide bonds. The fourth-order valence-corrected chi connectivity index (χ4v) is 4.81. The van der Waals surface area contributed by atoms with E-state index in [1.807, 2.05) is 53.1 Å². The van der Waals surface area contributed by atoms with Gasteiger partial charge >= 0.3 is 0 Å². The first-order valence-electron chi connectivity index (χ1n) is 12.2. The Morgan fingerprint density at radius 3 is 2.64 bits per heavy atom. The lowest BCUT2D eigenvalue weighted by Crippen LogP contribution is -2.36. The molecule has 0 atom stereocenters. The molecule has 2 aromatic carbocycles. The number of hydrogen-bond donors (Lipinski definition) is 1. The lowest BCUT2D eigenvalue weighted by Gasteiger charge is -2.29. The molecule has 0 saturated carbocycles. The second-order valence-electron chi connectivity index (χ2n) is 8.70. The van der Waals surface area contributed by atoms with Crippen LogP contribution in [0.1, 0.15) is 11.3 Å². The van der Waals surface area contributed by atoms with Gasteiger partial charge in [-0.1, -0.05) is 40.2 Å². The van der Waals surface area contributed by atoms with Gasteiger partial charge in [0.2, 0.25) is 0 Å². The van der Waals surface area contributed by atoms with Gasteiger partial charge in [0.1, 0.15) is 12.4 Å². The molecular weight excluding hydrogens is 520 g/mol. The summed E-state index contributed by atoms with van der Waals surface area (Å²) in [6.45, 7) is 5.01. The molecule has 0 aliphatic carbocycles. The van der Waals surface area contributed by atoms with Crippen LogP contribution in [0.4, 0.5) is 5.69 Å². The zero-order chi connectivity index (χ0) is 24.7. The van der Waals surface area contributed by atoms with Crippen LogP contribution in [0.15, 0.2) is 82.2 Å². The van der Waals surface area contributed by atoms with E-state index in [4.69, 9.17) is 9.47 Å². The van der Waals surface area contributed by atoms with Crippen LogP contribution in [0.5, 0.6) is 5.75 Å². The SMILES string of the molecule is O=c1c(CNCc2cc(Br)ccn2)cc2ccc(N3CCOCC3)cc2n1CCOc1ccccc1. The summed E-state index contributed by atoms with van der Waals surface area (Å²) >= 11 is 3.48. The number of hydrogen-bond acceptors (Lipinski definition) is 6. The number of halogens is 1. The molecule has 1 N–H and O–H groups in total. The Labute approximate surface area is 218 Å². The maximum Gasteiger partial charge on any atom is 0.255 e. The summed E-state index contributed by atoms with van der Waals surface area (Å²) < 4.78 is 14.3. The van der Waals surface area contributed by atoms with E-state index in [1.165, 1.54) is 0 Å². The Hall–Kier alpha value is -3.20. The van der Waals surface area contributed by atoms with Gasteiger partial charge < -0.3 is 24.3 Å². The second-order valence-corrected chi connectivity index (χ2v) is 9.62. The first-order chi connectivity index (χ1) is 17.7. The number of nitrogens with one attached hydrogen (secondary N) is 1. The molecule has 1 fully saturated rings. The van der Waals surface area contributed by atoms with Gasteiger partial charge in [0.15, 0.2) is 0 Å². The number of rotatable bonds is 9. The Balaban J connectivity index is 1.41. The monoisotopic (exact) mass is 548 g/mol. The van der Waals surface area contributed by atoms with Gasteiger partial charge in [-0.3, -0.25) is 9.78 Å². The second kappa shape index (κ2) is 11.7. The first-order valence-corrected chi connectivity index (χ1v) is 12.9. The smallest absolute Gasteiger partial charge is 0.255 e. The maximum atomic E-state index is 13.6. The Morgan fingerprint density at radius 2 is 1.83 bits per heavy atom. The molecule has 1 saturated heterocycles. The molecule has 36 heavy (non-hydrogen) atoms. The topological polar surface area (TPSA) is 68.6 Å². The van der Waals surface area contributed by atoms with Crippen LogP contribution in [-0.2, 0) is 24.4 Å². The van der Waals surface area contributed by atoms with Crippen molar-refractivity contribution in [2.24, 2.45) is 0 Å². The number of anilines is 1. The quantitative estimate of drug-likeness (QED) is 0.335. The number of ether oxygens (including phenoxy) is 2. The van der Waals surface area contributed by atoms with Crippen LogP contribution < -0.4 is 20.5 Å². The standard InChI is InChI=1S/C28H29BrN4O3/c29-23-8-9-31-24(17-23)20-30-19-22-16-21-6-7-25(32-10-13-35-14-11-32)18-27(21)33(28(22)34)12-15-36-26-4-2-1-3-5-26/h1-9,16-18,30H,10-15,19-20H2. The van der Waals surface area contributed by atoms with E-state index in [9.17, 15) is 4.79 Å². The van der Waals surface area contributed by atoms with Crippen LogP contribution in [0.25, 0.3) is 10.9 Å². The molecule has 7 nitrogen and oxygen atoms in total. The third kappa shape index (κ3) is 5.95. The molecular formula is C28H29BrN4O3. The minimum atomic E-state index is -0.00649. The average molecular weight is 549 g/mol. The zero-order valence-electron chi connectivity index (χ0n) is 20.0. The van der Waals surface area contributed by atoms with Crippen LogP contribution >= 0.6 is 15.9 Å². The lowest BCUT2D eigenvalue weighted by atomic mass is 10.1. The Kier molecular flexibility index (Phi) is 7.95. The highest BCUT2D eigenvalue weighted by molar-refractivity contribution is 9.10. The van der Waals surface area contributed by atoms with Crippen molar-refractivity contribution in [2.45, 2.75) is 19.6 Å². The van der Waals surface area contributed by atoms with Crippen molar-refractivity contribution >= 4 is 32.5 Å². The van der Waals surface area contributed by atoms with Crippen LogP contribution in [0.3, 0.4) is 0 Å². The molecule has 3 heterocycles. The molecule has 1 aliphatic rings. The summed E-state index contributed by atoms with van der Waals surface area (Å²) in [7, 11) is 0. The zero-order valence-corrected chi connectivity index (χ0v) is 21.6. The molecule has 4 aromatic rings. The van der Waals surface area contributed by atoms with Gasteiger partial charge in [0, 0.05) is 48.1 Å². The molecule has 0 bridgehead atoms. The van der Waals surface area contributed by atoms with Crippen molar-refractivity contribution in [1.29, 1.82) is 0 Å². The molecule has 186 valence electrons. The minimum absolute atomic E-state index is 0.00649. The average Bonchev–Trinajstić information content (AvgIpc) is 2.91. The predicted octanol–water partition coefficient (Wildman–Crippen LogP) is 4.36. The number of pyridine rings is 2. The highest BCUT2D eigenvalue weighted by atomic mass is 79.9. The van der Waals surface area contributed by atoms with Gasteiger partial charge in [0.25, 0.3) is 5.56 Å². The normalized spacial score (nSPS) is 13.8. The third-order valence-electron chi connectivity index (χ3n) is 6.26. The maximum absolute atomic E-state index is 13.6. The number of morpholine rings is 1. The number of para-hydroxylation sites is 1. The van der Waals surface area contributed by atoms with Crippen LogP contribution in [0, 0.1) is 0 Å². The summed E-state index contributed by atoms with van der Waals surface area (Å²) in [6.07, 6.45) is 1.77. The lowest BCUT2D eigenvalue weighted by molar-refractivity contribution is 0.122. The van der Waals surface area contributed by atoms with Crippen molar-refractivity contribution in [1.82, 2.24) is 14.9 Å². The van der Waals surface area contributed by atoms with E-state index in [2.05, 4.69) is 49.3 Å². The van der Waals surface area contributed by atoms with E-state index in [0.717, 1.165) is 51.2 Å². The van der Waals surface area contributed by atoms with Crippen molar-refractivity contribution < 1.29 is 9.47 Å². The molecule has 2 aromatic heterocycles. The Morgan fingerprint density at radius 1 is 1.00 bits per heavy atom. The van der Waals surface area contributed by atoms with Crippen molar-refractivity contribution in [3.05, 3.63) is 99.0 Å². The number of aromatic nitrogens is 2. The molecule has 1 aliphatic heterocycles. The van der Waals surface area contributed by atoms with Crippen molar-refractivity contribution in [3.8, 4) is 5.75 Å². The summed E-state index contributed by atoms with van der Waals surface area (Å²) in [6, 6.07) is 21.9. The van der Waals surface area contributed by atoms with Crippen LogP contribution in [-0.4, -0.2) is 42.5 Å². The predicted molar refractivity (Wildman–Crippen MR) is 146 cm³/mol. The van der Waals surface area contributed by atoms with Gasteiger partial charge in [-0.2, -0.15) is 0 Å². The number of fused-ring (bicyclic) bond motifs is 1. The number of benzene rings is 2. The van der Waals surface area contributed by atoms with E-state index in [0.29, 0.717) is 39.5 Å². The van der Waals surface area contributed by atoms with E-state index >= 15 is 0 Å². The molecule has 0 radical (unpaired) electrons. The largest absolute Gasteiger partial charge is 0.492 e. The fraction of sp³-hybridized carbons (Fsp3) is 0.286. The molecule has 5 rings (SSSR count). The highest BCUT2D eigenvalue weighted by Crippen LogP contribution is 2.23. The van der Waals surface area contributed by atoms with Crippen LogP contribution in [0.2, 0.25) is 0 Å². The van der Waals surface area contributed by atoms with Gasteiger partial charge in [-0.05, 0) is 47.9 Å². The molecule has 0 unspecified atom stereocenters. The Bertz CT molecular complexity index is 1370. The third-order valence-corrected chi connectivity index (χ3v) is 6.75. The fourth-order valence-electron chi connectivity index (χ4n) is 4.43. The van der Waals surface area contributed by atoms with Gasteiger partial charge in [0.05, 0.1) is 31.0 Å². The van der Waals surface area contributed by atoms with Gasteiger partial charge in [-0.15, -0.1) is 0 Å². The summed E-state index contributed by atoms with van der Waals surface area (Å²) in [5, 5.41) is 4.40.